The van der Waals surface area contributed by atoms with Crippen molar-refractivity contribution in [3.05, 3.63) is 149 Å². The first-order chi connectivity index (χ1) is 37.4. The van der Waals surface area contributed by atoms with Crippen LogP contribution in [0.4, 0.5) is 28.4 Å². The highest BCUT2D eigenvalue weighted by Crippen LogP contribution is 2.49. The zero-order valence-corrected chi connectivity index (χ0v) is 44.3. The van der Waals surface area contributed by atoms with Crippen LogP contribution in [0.3, 0.4) is 0 Å². The van der Waals surface area contributed by atoms with E-state index in [1.54, 1.807) is 56.9 Å². The number of anilines is 5. The molecule has 0 saturated heterocycles. The molecule has 0 aliphatic carbocycles. The molecule has 5 atom stereocenters. The predicted molar refractivity (Wildman–Crippen MR) is 296 cm³/mol. The molecule has 16 nitrogen and oxygen atoms in total. The summed E-state index contributed by atoms with van der Waals surface area (Å²) < 4.78 is 11.7. The van der Waals surface area contributed by atoms with E-state index in [9.17, 15) is 34.8 Å². The third kappa shape index (κ3) is 11.4. The maximum absolute atomic E-state index is 15.3. The van der Waals surface area contributed by atoms with E-state index in [1.165, 1.54) is 0 Å². The predicted octanol–water partition coefficient (Wildman–Crippen LogP) is 6.65. The van der Waals surface area contributed by atoms with Gasteiger partial charge in [0.25, 0.3) is 5.91 Å². The van der Waals surface area contributed by atoms with E-state index in [0.29, 0.717) is 118 Å². The summed E-state index contributed by atoms with van der Waals surface area (Å²) in [5.74, 6) is -0.673. The minimum Gasteiger partial charge on any atom is -0.494 e. The van der Waals surface area contributed by atoms with Crippen LogP contribution in [0.25, 0.3) is 0 Å². The fraction of sp³-hybridized carbons (Fsp3) is 0.410. The number of nitrogens with one attached hydrogen (secondary N) is 2. The van der Waals surface area contributed by atoms with Crippen molar-refractivity contribution < 1.29 is 49.1 Å². The monoisotopic (exact) mass is 1050 g/mol. The SMILES string of the molecule is CCOc1ccc2c(c1)CC(NCCCCO)C(=O)N2c1cccc(CN2C(=O)[C@](O)([C@H](C)/C=C/CC(=O)N3Cc4ccccc4C[C@H]3CO)c3cc(N4C(=O)C(NCCCCO)Cc5cc(OCC)ccc54)ccc32)c1. The number of fused-ring (bicyclic) bond motifs is 4. The van der Waals surface area contributed by atoms with Gasteiger partial charge >= 0.3 is 0 Å². The molecule has 5 aromatic rings. The second-order valence-electron chi connectivity index (χ2n) is 20.4. The Kier molecular flexibility index (Phi) is 17.5. The highest BCUT2D eigenvalue weighted by molar-refractivity contribution is 6.10. The molecule has 77 heavy (non-hydrogen) atoms. The number of carbonyl (C=O) groups is 4. The molecule has 4 heterocycles. The second-order valence-corrected chi connectivity index (χ2v) is 20.4. The maximum atomic E-state index is 15.3. The fourth-order valence-corrected chi connectivity index (χ4v) is 11.3. The van der Waals surface area contributed by atoms with Crippen LogP contribution in [0, 0.1) is 5.92 Å². The molecule has 4 aliphatic rings. The first-order valence-electron chi connectivity index (χ1n) is 27.2. The van der Waals surface area contributed by atoms with Crippen LogP contribution < -0.4 is 34.8 Å². The number of hydrogen-bond acceptors (Lipinski definition) is 12. The molecular formula is C61H72N6O10. The van der Waals surface area contributed by atoms with E-state index >= 15 is 4.79 Å². The number of aliphatic hydroxyl groups is 4. The molecule has 6 N–H and O–H groups in total. The number of unbranched alkanes of at least 4 members (excludes halogenated alkanes) is 2. The Morgan fingerprint density at radius 2 is 1.27 bits per heavy atom. The average molecular weight is 1050 g/mol. The summed E-state index contributed by atoms with van der Waals surface area (Å²) in [5, 5.41) is 49.2. The van der Waals surface area contributed by atoms with Crippen LogP contribution in [-0.4, -0.2) is 113 Å². The van der Waals surface area contributed by atoms with Crippen LogP contribution in [0.5, 0.6) is 11.5 Å². The third-order valence-electron chi connectivity index (χ3n) is 15.3. The van der Waals surface area contributed by atoms with Gasteiger partial charge in [-0.2, -0.15) is 0 Å². The molecule has 4 amide bonds. The number of aliphatic hydroxyl groups excluding tert-OH is 3. The first kappa shape index (κ1) is 54.9. The van der Waals surface area contributed by atoms with E-state index in [4.69, 9.17) is 9.47 Å². The number of rotatable bonds is 23. The zero-order valence-electron chi connectivity index (χ0n) is 44.3. The van der Waals surface area contributed by atoms with E-state index in [-0.39, 0.29) is 62.1 Å². The van der Waals surface area contributed by atoms with Gasteiger partial charge in [0, 0.05) is 49.0 Å². The van der Waals surface area contributed by atoms with Gasteiger partial charge in [0.05, 0.1) is 61.6 Å². The highest BCUT2D eigenvalue weighted by Gasteiger charge is 2.53. The van der Waals surface area contributed by atoms with Crippen molar-refractivity contribution in [3.8, 4) is 11.5 Å². The largest absolute Gasteiger partial charge is 0.494 e. The molecule has 5 aromatic carbocycles. The van der Waals surface area contributed by atoms with Crippen LogP contribution in [0.1, 0.15) is 86.3 Å². The van der Waals surface area contributed by atoms with E-state index in [2.05, 4.69) is 10.6 Å². The van der Waals surface area contributed by atoms with E-state index < -0.39 is 29.5 Å². The zero-order chi connectivity index (χ0) is 54.2. The van der Waals surface area contributed by atoms with Crippen LogP contribution in [0.2, 0.25) is 0 Å². The summed E-state index contributed by atoms with van der Waals surface area (Å²) in [5.41, 5.74) is 5.55. The number of ether oxygens (including phenoxy) is 2. The van der Waals surface area contributed by atoms with Crippen molar-refractivity contribution in [3.63, 3.8) is 0 Å². The van der Waals surface area contributed by atoms with Crippen molar-refractivity contribution >= 4 is 52.1 Å². The van der Waals surface area contributed by atoms with Gasteiger partial charge in [-0.15, -0.1) is 0 Å². The maximum Gasteiger partial charge on any atom is 0.264 e. The third-order valence-corrected chi connectivity index (χ3v) is 15.3. The van der Waals surface area contributed by atoms with E-state index in [0.717, 1.165) is 27.9 Å². The quantitative estimate of drug-likeness (QED) is 0.0301. The highest BCUT2D eigenvalue weighted by atomic mass is 16.5. The van der Waals surface area contributed by atoms with Crippen molar-refractivity contribution in [2.45, 2.75) is 109 Å². The summed E-state index contributed by atoms with van der Waals surface area (Å²) in [6, 6.07) is 30.4. The van der Waals surface area contributed by atoms with Crippen LogP contribution >= 0.6 is 0 Å². The molecule has 0 radical (unpaired) electrons. The number of carbonyl (C=O) groups excluding carboxylic acids is 4. The number of amides is 4. The average Bonchev–Trinajstić information content (AvgIpc) is 3.71. The summed E-state index contributed by atoms with van der Waals surface area (Å²) in [6.07, 6.45) is 7.29. The Hall–Kier alpha value is -6.92. The van der Waals surface area contributed by atoms with Gasteiger partial charge in [0.15, 0.2) is 5.60 Å². The molecule has 2 unspecified atom stereocenters. The Balaban J connectivity index is 1.07. The molecule has 16 heteroatoms. The lowest BCUT2D eigenvalue weighted by Gasteiger charge is -2.36. The Bertz CT molecular complexity index is 2980. The molecule has 9 rings (SSSR count). The van der Waals surface area contributed by atoms with Gasteiger partial charge in [0.2, 0.25) is 17.7 Å². The van der Waals surface area contributed by atoms with Gasteiger partial charge in [-0.25, -0.2) is 0 Å². The lowest BCUT2D eigenvalue weighted by molar-refractivity contribution is -0.139. The molecule has 0 bridgehead atoms. The Labute approximate surface area is 450 Å². The molecule has 0 fully saturated rings. The minimum atomic E-state index is -2.17. The van der Waals surface area contributed by atoms with Crippen LogP contribution in [0.15, 0.2) is 115 Å². The Morgan fingerprint density at radius 1 is 0.688 bits per heavy atom. The molecular weight excluding hydrogens is 977 g/mol. The standard InChI is InChI=1S/C61H72N6O10/c1-4-76-49-21-24-54-44(32-49)34-52(62-26-8-10-28-68)58(72)66(54)46-18-13-15-41(30-46)37-65-56-23-20-47(67-55-25-22-50(77-5-2)33-45(55)35-53(59(67)73)63-27-9-11-29-69)36-51(56)61(75,60(65)74)40(3)14-12-19-57(71)64-38-43-17-7-6-16-42(43)31-48(64)39-70/h6-7,12-18,20-25,30,32-33,36,40,48,52-53,62-63,68-70,75H,4-5,8-11,19,26-29,31,34-35,37-39H2,1-3H3/b14-12+/t40-,48+,52?,53?,61+/m1/s1. The molecule has 0 aromatic heterocycles. The first-order valence-corrected chi connectivity index (χ1v) is 27.2. The molecule has 4 aliphatic heterocycles. The van der Waals surface area contributed by atoms with Gasteiger partial charge in [-0.3, -0.25) is 29.0 Å². The molecule has 0 saturated carbocycles. The summed E-state index contributed by atoms with van der Waals surface area (Å²) in [6.45, 7) is 7.86. The van der Waals surface area contributed by atoms with Crippen molar-refractivity contribution in [1.82, 2.24) is 15.5 Å². The summed E-state index contributed by atoms with van der Waals surface area (Å²) in [4.78, 5) is 65.0. The van der Waals surface area contributed by atoms with E-state index in [1.807, 2.05) is 98.8 Å². The van der Waals surface area contributed by atoms with Gasteiger partial charge in [-0.05, 0) is 166 Å². The topological polar surface area (TPSA) is 205 Å². The summed E-state index contributed by atoms with van der Waals surface area (Å²) in [7, 11) is 0. The summed E-state index contributed by atoms with van der Waals surface area (Å²) >= 11 is 0. The van der Waals surface area contributed by atoms with Crippen molar-refractivity contribution in [2.24, 2.45) is 5.92 Å². The number of benzene rings is 5. The number of nitrogens with zero attached hydrogens (tertiary/aromatic N) is 4. The van der Waals surface area contributed by atoms with Crippen molar-refractivity contribution in [1.29, 1.82) is 0 Å². The fourth-order valence-electron chi connectivity index (χ4n) is 11.3. The minimum absolute atomic E-state index is 0.0156. The van der Waals surface area contributed by atoms with Crippen molar-refractivity contribution in [2.75, 3.05) is 60.8 Å². The lowest BCUT2D eigenvalue weighted by Crippen LogP contribution is -2.49. The molecule has 0 spiro atoms. The number of hydrogen-bond donors (Lipinski definition) is 6. The lowest BCUT2D eigenvalue weighted by atomic mass is 9.82. The van der Waals surface area contributed by atoms with Crippen LogP contribution in [-0.2, 0) is 57.1 Å². The second kappa shape index (κ2) is 24.6. The molecule has 406 valence electrons. The van der Waals surface area contributed by atoms with Gasteiger partial charge in [0.1, 0.15) is 11.5 Å². The smallest absolute Gasteiger partial charge is 0.264 e. The Morgan fingerprint density at radius 3 is 1.86 bits per heavy atom. The normalized spacial score (nSPS) is 20.3. The van der Waals surface area contributed by atoms with Gasteiger partial charge in [-0.1, -0.05) is 55.5 Å². The van der Waals surface area contributed by atoms with Gasteiger partial charge < -0.3 is 50.3 Å².